The molecule has 0 aliphatic rings. The average molecular weight is 301 g/mol. The molecule has 0 aliphatic heterocycles. The molecule has 0 radical (unpaired) electrons. The molecule has 21 heavy (non-hydrogen) atoms. The maximum Gasteiger partial charge on any atom is 0.124 e. The first-order chi connectivity index (χ1) is 10.2. The van der Waals surface area contributed by atoms with Crippen LogP contribution in [0.1, 0.15) is 22.5 Å². The fourth-order valence-corrected chi connectivity index (χ4v) is 3.66. The number of thiophene rings is 1. The molecule has 0 spiro atoms. The molecule has 108 valence electrons. The first kappa shape index (κ1) is 14.2. The van der Waals surface area contributed by atoms with Crippen molar-refractivity contribution < 1.29 is 9.50 Å². The van der Waals surface area contributed by atoms with Crippen molar-refractivity contribution in [2.75, 3.05) is 6.54 Å². The maximum atomic E-state index is 13.3. The lowest BCUT2D eigenvalue weighted by atomic mass is 9.92. The monoisotopic (exact) mass is 301 g/mol. The summed E-state index contributed by atoms with van der Waals surface area (Å²) in [4.78, 5) is 0.815. The zero-order valence-electron chi connectivity index (χ0n) is 11.4. The van der Waals surface area contributed by atoms with Crippen LogP contribution in [0, 0.1) is 5.82 Å². The standard InChI is InChI=1S/C17H16FNOS/c18-13-7-6-12-8-16(21-15(12)9-13)17(20)14(10-19)11-4-2-1-3-5-11/h1-9,14,17,20H,10,19H2. The van der Waals surface area contributed by atoms with Gasteiger partial charge in [0.15, 0.2) is 0 Å². The molecule has 2 atom stereocenters. The normalized spacial score (nSPS) is 14.2. The fourth-order valence-electron chi connectivity index (χ4n) is 2.52. The van der Waals surface area contributed by atoms with Gasteiger partial charge in [-0.3, -0.25) is 0 Å². The molecule has 0 saturated heterocycles. The van der Waals surface area contributed by atoms with Crippen LogP contribution < -0.4 is 5.73 Å². The highest BCUT2D eigenvalue weighted by Crippen LogP contribution is 2.37. The van der Waals surface area contributed by atoms with E-state index in [1.54, 1.807) is 6.07 Å². The number of rotatable bonds is 4. The second-order valence-electron chi connectivity index (χ2n) is 5.03. The highest BCUT2D eigenvalue weighted by atomic mass is 32.1. The topological polar surface area (TPSA) is 46.2 Å². The van der Waals surface area contributed by atoms with Gasteiger partial charge in [-0.2, -0.15) is 0 Å². The Kier molecular flexibility index (Phi) is 4.01. The number of hydrogen-bond donors (Lipinski definition) is 2. The summed E-state index contributed by atoms with van der Waals surface area (Å²) < 4.78 is 14.1. The summed E-state index contributed by atoms with van der Waals surface area (Å²) in [6.45, 7) is 0.355. The SMILES string of the molecule is NCC(c1ccccc1)C(O)c1cc2ccc(F)cc2s1. The van der Waals surface area contributed by atoms with E-state index in [2.05, 4.69) is 0 Å². The van der Waals surface area contributed by atoms with Crippen molar-refractivity contribution in [2.24, 2.45) is 5.73 Å². The van der Waals surface area contributed by atoms with Gasteiger partial charge in [0.1, 0.15) is 5.82 Å². The van der Waals surface area contributed by atoms with Crippen molar-refractivity contribution in [1.29, 1.82) is 0 Å². The Balaban J connectivity index is 1.96. The Morgan fingerprint density at radius 2 is 1.86 bits per heavy atom. The second kappa shape index (κ2) is 5.93. The quantitative estimate of drug-likeness (QED) is 0.769. The van der Waals surface area contributed by atoms with E-state index >= 15 is 0 Å². The van der Waals surface area contributed by atoms with Crippen LogP contribution in [0.15, 0.2) is 54.6 Å². The van der Waals surface area contributed by atoms with E-state index in [0.717, 1.165) is 20.5 Å². The van der Waals surface area contributed by atoms with Crippen LogP contribution >= 0.6 is 11.3 Å². The molecule has 2 aromatic carbocycles. The van der Waals surface area contributed by atoms with E-state index in [4.69, 9.17) is 5.73 Å². The molecular formula is C17H16FNOS. The summed E-state index contributed by atoms with van der Waals surface area (Å²) in [5.74, 6) is -0.423. The lowest BCUT2D eigenvalue weighted by Gasteiger charge is -2.20. The molecule has 1 heterocycles. The van der Waals surface area contributed by atoms with Crippen molar-refractivity contribution >= 4 is 21.4 Å². The largest absolute Gasteiger partial charge is 0.387 e. The predicted octanol–water partition coefficient (Wildman–Crippen LogP) is 3.82. The summed E-state index contributed by atoms with van der Waals surface area (Å²) in [5, 5.41) is 11.6. The molecule has 2 nitrogen and oxygen atoms in total. The van der Waals surface area contributed by atoms with Gasteiger partial charge in [0, 0.05) is 22.0 Å². The Labute approximate surface area is 126 Å². The summed E-state index contributed by atoms with van der Waals surface area (Å²) in [7, 11) is 0. The van der Waals surface area contributed by atoms with E-state index < -0.39 is 6.10 Å². The number of nitrogens with two attached hydrogens (primary N) is 1. The zero-order valence-corrected chi connectivity index (χ0v) is 12.2. The van der Waals surface area contributed by atoms with Gasteiger partial charge < -0.3 is 10.8 Å². The van der Waals surface area contributed by atoms with Crippen LogP contribution in [0.25, 0.3) is 10.1 Å². The van der Waals surface area contributed by atoms with Crippen molar-refractivity contribution in [2.45, 2.75) is 12.0 Å². The Morgan fingerprint density at radius 3 is 2.57 bits per heavy atom. The Bertz CT molecular complexity index is 741. The molecule has 3 aromatic rings. The number of aliphatic hydroxyl groups excluding tert-OH is 1. The van der Waals surface area contributed by atoms with Gasteiger partial charge in [0.25, 0.3) is 0 Å². The van der Waals surface area contributed by atoms with Crippen LogP contribution in [-0.4, -0.2) is 11.7 Å². The molecule has 1 aromatic heterocycles. The van der Waals surface area contributed by atoms with E-state index in [-0.39, 0.29) is 11.7 Å². The van der Waals surface area contributed by atoms with Gasteiger partial charge in [-0.15, -0.1) is 11.3 Å². The van der Waals surface area contributed by atoms with Crippen LogP contribution in [0.2, 0.25) is 0 Å². The molecule has 4 heteroatoms. The third-order valence-corrected chi connectivity index (χ3v) is 4.82. The van der Waals surface area contributed by atoms with Gasteiger partial charge in [0.05, 0.1) is 6.10 Å². The lowest BCUT2D eigenvalue weighted by molar-refractivity contribution is 0.151. The number of halogens is 1. The average Bonchev–Trinajstić information content (AvgIpc) is 2.92. The van der Waals surface area contributed by atoms with Gasteiger partial charge >= 0.3 is 0 Å². The summed E-state index contributed by atoms with van der Waals surface area (Å²) in [6.07, 6.45) is -0.683. The highest BCUT2D eigenvalue weighted by molar-refractivity contribution is 7.19. The van der Waals surface area contributed by atoms with Crippen molar-refractivity contribution in [3.05, 3.63) is 70.9 Å². The third-order valence-electron chi connectivity index (χ3n) is 3.66. The Hall–Kier alpha value is -1.75. The first-order valence-electron chi connectivity index (χ1n) is 6.81. The van der Waals surface area contributed by atoms with Gasteiger partial charge in [-0.05, 0) is 29.1 Å². The smallest absolute Gasteiger partial charge is 0.124 e. The van der Waals surface area contributed by atoms with Gasteiger partial charge in [-0.1, -0.05) is 36.4 Å². The molecular weight excluding hydrogens is 285 g/mol. The molecule has 3 N–H and O–H groups in total. The third kappa shape index (κ3) is 2.83. The second-order valence-corrected chi connectivity index (χ2v) is 6.14. The molecule has 3 rings (SSSR count). The summed E-state index contributed by atoms with van der Waals surface area (Å²) in [6, 6.07) is 16.3. The van der Waals surface area contributed by atoms with Gasteiger partial charge in [-0.25, -0.2) is 4.39 Å². The highest BCUT2D eigenvalue weighted by Gasteiger charge is 2.23. The summed E-state index contributed by atoms with van der Waals surface area (Å²) in [5.41, 5.74) is 6.86. The van der Waals surface area contributed by atoms with Crippen LogP contribution in [0.5, 0.6) is 0 Å². The Morgan fingerprint density at radius 1 is 1.10 bits per heavy atom. The van der Waals surface area contributed by atoms with Crippen LogP contribution in [-0.2, 0) is 0 Å². The molecule has 0 saturated carbocycles. The molecule has 0 bridgehead atoms. The molecule has 2 unspecified atom stereocenters. The number of fused-ring (bicyclic) bond motifs is 1. The van der Waals surface area contributed by atoms with Crippen LogP contribution in [0.3, 0.4) is 0 Å². The molecule has 0 amide bonds. The maximum absolute atomic E-state index is 13.3. The first-order valence-corrected chi connectivity index (χ1v) is 7.63. The van der Waals surface area contributed by atoms with Crippen molar-refractivity contribution in [3.8, 4) is 0 Å². The minimum Gasteiger partial charge on any atom is -0.387 e. The van der Waals surface area contributed by atoms with Crippen LogP contribution in [0.4, 0.5) is 4.39 Å². The van der Waals surface area contributed by atoms with Crippen molar-refractivity contribution in [3.63, 3.8) is 0 Å². The van der Waals surface area contributed by atoms with Gasteiger partial charge in [0.2, 0.25) is 0 Å². The predicted molar refractivity (Wildman–Crippen MR) is 85.0 cm³/mol. The van der Waals surface area contributed by atoms with E-state index in [1.807, 2.05) is 36.4 Å². The zero-order chi connectivity index (χ0) is 14.8. The number of benzene rings is 2. The number of aliphatic hydroxyl groups is 1. The van der Waals surface area contributed by atoms with E-state index in [1.165, 1.54) is 23.5 Å². The lowest BCUT2D eigenvalue weighted by Crippen LogP contribution is -2.19. The molecule has 0 aliphatic carbocycles. The minimum atomic E-state index is -0.683. The number of hydrogen-bond acceptors (Lipinski definition) is 3. The minimum absolute atomic E-state index is 0.163. The summed E-state index contributed by atoms with van der Waals surface area (Å²) >= 11 is 1.41. The van der Waals surface area contributed by atoms with E-state index in [0.29, 0.717) is 6.54 Å². The van der Waals surface area contributed by atoms with E-state index in [9.17, 15) is 9.50 Å². The van der Waals surface area contributed by atoms with Crippen molar-refractivity contribution in [1.82, 2.24) is 0 Å². The molecule has 0 fully saturated rings. The fraction of sp³-hybridized carbons (Fsp3) is 0.176.